The maximum Gasteiger partial charge on any atom is 0.347 e. The molecule has 2 rings (SSSR count). The van der Waals surface area contributed by atoms with Crippen LogP contribution in [-0.4, -0.2) is 30.6 Å². The van der Waals surface area contributed by atoms with Crippen molar-refractivity contribution in [3.63, 3.8) is 0 Å². The van der Waals surface area contributed by atoms with Crippen molar-refractivity contribution in [3.05, 3.63) is 29.8 Å². The van der Waals surface area contributed by atoms with Crippen molar-refractivity contribution >= 4 is 23.5 Å². The van der Waals surface area contributed by atoms with Crippen molar-refractivity contribution < 1.29 is 23.9 Å². The van der Waals surface area contributed by atoms with E-state index in [9.17, 15) is 14.4 Å². The lowest BCUT2D eigenvalue weighted by molar-refractivity contribution is -0.145. The summed E-state index contributed by atoms with van der Waals surface area (Å²) in [4.78, 5) is 33.8. The topological polar surface area (TPSA) is 81.7 Å². The summed E-state index contributed by atoms with van der Waals surface area (Å²) in [5, 5.41) is 2.59. The summed E-state index contributed by atoms with van der Waals surface area (Å²) in [5.41, 5.74) is 0.901. The van der Waals surface area contributed by atoms with Gasteiger partial charge in [0, 0.05) is 19.0 Å². The summed E-state index contributed by atoms with van der Waals surface area (Å²) in [6, 6.07) is 6.22. The van der Waals surface area contributed by atoms with Gasteiger partial charge in [-0.1, -0.05) is 0 Å². The molecule has 1 aromatic rings. The number of carbonyl (C=O) groups excluding carboxylic acids is 3. The highest BCUT2D eigenvalue weighted by Crippen LogP contribution is 2.15. The lowest BCUT2D eigenvalue weighted by atomic mass is 10.2. The van der Waals surface area contributed by atoms with Gasteiger partial charge in [-0.3, -0.25) is 4.79 Å². The Bertz CT molecular complexity index is 508. The normalized spacial score (nSPS) is 17.7. The number of amides is 1. The van der Waals surface area contributed by atoms with Crippen LogP contribution in [0.3, 0.4) is 0 Å². The van der Waals surface area contributed by atoms with Gasteiger partial charge in [-0.15, -0.1) is 0 Å². The predicted molar refractivity (Wildman–Crippen MR) is 65.5 cm³/mol. The zero-order valence-corrected chi connectivity index (χ0v) is 10.3. The molecule has 0 unspecified atom stereocenters. The molecule has 0 aliphatic carbocycles. The van der Waals surface area contributed by atoms with Gasteiger partial charge in [0.15, 0.2) is 0 Å². The summed E-state index contributed by atoms with van der Waals surface area (Å²) >= 11 is 0. The molecule has 0 saturated carbocycles. The summed E-state index contributed by atoms with van der Waals surface area (Å²) in [7, 11) is 0. The number of cyclic esters (lactones) is 1. The Morgan fingerprint density at radius 1 is 1.32 bits per heavy atom. The maximum absolute atomic E-state index is 11.8. The quantitative estimate of drug-likeness (QED) is 0.826. The molecule has 1 aliphatic heterocycles. The van der Waals surface area contributed by atoms with Crippen LogP contribution in [0.25, 0.3) is 0 Å². The fourth-order valence-corrected chi connectivity index (χ4v) is 1.67. The molecule has 0 spiro atoms. The van der Waals surface area contributed by atoms with Gasteiger partial charge in [0.1, 0.15) is 0 Å². The van der Waals surface area contributed by atoms with Crippen molar-refractivity contribution in [2.24, 2.45) is 0 Å². The van der Waals surface area contributed by atoms with E-state index in [-0.39, 0.29) is 12.5 Å². The Kier molecular flexibility index (Phi) is 3.79. The number of benzene rings is 1. The second kappa shape index (κ2) is 5.51. The van der Waals surface area contributed by atoms with Gasteiger partial charge in [-0.25, -0.2) is 9.59 Å². The summed E-state index contributed by atoms with van der Waals surface area (Å²) in [5.74, 6) is -1.29. The molecule has 0 aromatic heterocycles. The Hall–Kier alpha value is -2.37. The van der Waals surface area contributed by atoms with E-state index in [4.69, 9.17) is 9.47 Å². The third-order valence-electron chi connectivity index (χ3n) is 2.58. The number of ether oxygens (including phenoxy) is 2. The van der Waals surface area contributed by atoms with Gasteiger partial charge in [0.05, 0.1) is 12.2 Å². The number of anilines is 1. The molecule has 1 atom stereocenters. The van der Waals surface area contributed by atoms with E-state index in [2.05, 4.69) is 5.32 Å². The number of rotatable bonds is 3. The van der Waals surface area contributed by atoms with Gasteiger partial charge >= 0.3 is 11.9 Å². The first-order valence-electron chi connectivity index (χ1n) is 5.81. The summed E-state index contributed by atoms with van der Waals surface area (Å²) < 4.78 is 9.73. The second-order valence-corrected chi connectivity index (χ2v) is 4.11. The Balaban J connectivity index is 1.99. The van der Waals surface area contributed by atoms with Crippen LogP contribution in [0, 0.1) is 0 Å². The Morgan fingerprint density at radius 3 is 2.53 bits per heavy atom. The monoisotopic (exact) mass is 263 g/mol. The van der Waals surface area contributed by atoms with Crippen molar-refractivity contribution in [1.29, 1.82) is 0 Å². The van der Waals surface area contributed by atoms with E-state index in [1.54, 1.807) is 12.1 Å². The number of nitrogens with one attached hydrogen (secondary N) is 1. The Labute approximate surface area is 109 Å². The molecular formula is C13H13NO5. The van der Waals surface area contributed by atoms with Crippen LogP contribution in [0.15, 0.2) is 24.3 Å². The molecule has 1 aromatic carbocycles. The molecule has 1 aliphatic rings. The van der Waals surface area contributed by atoms with E-state index in [0.717, 1.165) is 0 Å². The fraction of sp³-hybridized carbons (Fsp3) is 0.308. The zero-order valence-electron chi connectivity index (χ0n) is 10.3. The minimum atomic E-state index is -0.817. The van der Waals surface area contributed by atoms with Crippen LogP contribution >= 0.6 is 0 Å². The van der Waals surface area contributed by atoms with Crippen LogP contribution in [0.1, 0.15) is 23.7 Å². The van der Waals surface area contributed by atoms with E-state index in [0.29, 0.717) is 17.7 Å². The average Bonchev–Trinajstić information content (AvgIpc) is 2.75. The highest BCUT2D eigenvalue weighted by Gasteiger charge is 2.30. The van der Waals surface area contributed by atoms with Gasteiger partial charge in [-0.2, -0.15) is 0 Å². The van der Waals surface area contributed by atoms with E-state index < -0.39 is 18.0 Å². The van der Waals surface area contributed by atoms with Crippen molar-refractivity contribution in [2.45, 2.75) is 19.4 Å². The summed E-state index contributed by atoms with van der Waals surface area (Å²) in [6.45, 7) is 1.67. The molecule has 6 nitrogen and oxygen atoms in total. The number of hydrogen-bond donors (Lipinski definition) is 1. The largest absolute Gasteiger partial charge is 0.463 e. The third kappa shape index (κ3) is 3.31. The van der Waals surface area contributed by atoms with Crippen molar-refractivity contribution in [1.82, 2.24) is 0 Å². The van der Waals surface area contributed by atoms with E-state index >= 15 is 0 Å². The second-order valence-electron chi connectivity index (χ2n) is 4.11. The highest BCUT2D eigenvalue weighted by molar-refractivity contribution is 5.93. The minimum absolute atomic E-state index is 0.191. The van der Waals surface area contributed by atoms with Crippen LogP contribution in [-0.2, 0) is 19.1 Å². The molecule has 1 saturated heterocycles. The van der Waals surface area contributed by atoms with Gasteiger partial charge in [0.2, 0.25) is 12.0 Å². The van der Waals surface area contributed by atoms with Crippen LogP contribution < -0.4 is 5.32 Å². The molecule has 1 heterocycles. The number of carbonyl (C=O) groups is 3. The van der Waals surface area contributed by atoms with Crippen molar-refractivity contribution in [3.8, 4) is 0 Å². The minimum Gasteiger partial charge on any atom is -0.463 e. The van der Waals surface area contributed by atoms with Gasteiger partial charge < -0.3 is 14.8 Å². The molecule has 0 bridgehead atoms. The Morgan fingerprint density at radius 2 is 2.00 bits per heavy atom. The van der Waals surface area contributed by atoms with E-state index in [1.165, 1.54) is 19.1 Å². The molecule has 0 radical (unpaired) electrons. The average molecular weight is 263 g/mol. The molecule has 19 heavy (non-hydrogen) atoms. The maximum atomic E-state index is 11.8. The van der Waals surface area contributed by atoms with Crippen LogP contribution in [0.4, 0.5) is 5.69 Å². The third-order valence-corrected chi connectivity index (χ3v) is 2.58. The molecule has 1 fully saturated rings. The molecule has 6 heteroatoms. The SMILES string of the molecule is CC(=O)Nc1ccc(C(=O)O[C@H]2CCOC2=O)cc1. The summed E-state index contributed by atoms with van der Waals surface area (Å²) in [6.07, 6.45) is -0.434. The smallest absolute Gasteiger partial charge is 0.347 e. The molecule has 1 amide bonds. The fourth-order valence-electron chi connectivity index (χ4n) is 1.67. The van der Waals surface area contributed by atoms with E-state index in [1.807, 2.05) is 0 Å². The zero-order chi connectivity index (χ0) is 13.8. The predicted octanol–water partition coefficient (Wildman–Crippen LogP) is 1.12. The first-order chi connectivity index (χ1) is 9.06. The number of esters is 2. The lowest BCUT2D eigenvalue weighted by Gasteiger charge is -2.08. The van der Waals surface area contributed by atoms with Crippen LogP contribution in [0.5, 0.6) is 0 Å². The molecule has 1 N–H and O–H groups in total. The standard InChI is InChI=1S/C13H13NO5/c1-8(15)14-10-4-2-9(3-5-10)12(16)19-11-6-7-18-13(11)17/h2-5,11H,6-7H2,1H3,(H,14,15)/t11-/m0/s1. The molecular weight excluding hydrogens is 250 g/mol. The van der Waals surface area contributed by atoms with Gasteiger partial charge in [-0.05, 0) is 24.3 Å². The highest BCUT2D eigenvalue weighted by atomic mass is 16.6. The first-order valence-corrected chi connectivity index (χ1v) is 5.81. The molecule has 100 valence electrons. The van der Waals surface area contributed by atoms with Gasteiger partial charge in [0.25, 0.3) is 0 Å². The van der Waals surface area contributed by atoms with Crippen molar-refractivity contribution in [2.75, 3.05) is 11.9 Å². The first kappa shape index (κ1) is 13.1. The number of hydrogen-bond acceptors (Lipinski definition) is 5. The lowest BCUT2D eigenvalue weighted by Crippen LogP contribution is -2.22. The van der Waals surface area contributed by atoms with Crippen LogP contribution in [0.2, 0.25) is 0 Å².